The predicted molar refractivity (Wildman–Crippen MR) is 113 cm³/mol. The Kier molecular flexibility index (Phi) is 7.67. The van der Waals surface area contributed by atoms with Crippen LogP contribution in [0.25, 0.3) is 6.08 Å². The van der Waals surface area contributed by atoms with Crippen LogP contribution in [0.4, 0.5) is 0 Å². The molecule has 0 aliphatic carbocycles. The van der Waals surface area contributed by atoms with Gasteiger partial charge in [-0.3, -0.25) is 9.69 Å². The number of hydrogen-bond donors (Lipinski definition) is 1. The van der Waals surface area contributed by atoms with Gasteiger partial charge in [0.15, 0.2) is 0 Å². The Hall–Kier alpha value is -2.83. The molecule has 3 rings (SSSR count). The third-order valence-corrected chi connectivity index (χ3v) is 4.80. The number of benzene rings is 2. The Labute approximate surface area is 172 Å². The molecule has 0 saturated carbocycles. The van der Waals surface area contributed by atoms with Gasteiger partial charge in [-0.2, -0.15) is 0 Å². The highest BCUT2D eigenvalue weighted by molar-refractivity contribution is 5.91. The van der Waals surface area contributed by atoms with E-state index in [2.05, 4.69) is 34.5 Å². The zero-order valence-electron chi connectivity index (χ0n) is 17.0. The van der Waals surface area contributed by atoms with Crippen molar-refractivity contribution < 1.29 is 19.0 Å². The van der Waals surface area contributed by atoms with E-state index < -0.39 is 0 Å². The number of morpholine rings is 1. The Balaban J connectivity index is 1.49. The fourth-order valence-corrected chi connectivity index (χ4v) is 3.13. The molecule has 1 fully saturated rings. The number of carbonyl (C=O) groups excluding carboxylic acids is 1. The van der Waals surface area contributed by atoms with Crippen molar-refractivity contribution in [1.29, 1.82) is 0 Å². The molecule has 0 aromatic heterocycles. The van der Waals surface area contributed by atoms with Crippen LogP contribution in [0, 0.1) is 0 Å². The van der Waals surface area contributed by atoms with E-state index in [1.165, 1.54) is 11.6 Å². The minimum Gasteiger partial charge on any atom is -0.497 e. The van der Waals surface area contributed by atoms with E-state index in [9.17, 15) is 4.79 Å². The van der Waals surface area contributed by atoms with Crippen molar-refractivity contribution in [3.63, 3.8) is 0 Å². The van der Waals surface area contributed by atoms with Crippen LogP contribution in [0.2, 0.25) is 0 Å². The van der Waals surface area contributed by atoms with Gasteiger partial charge in [-0.15, -0.1) is 0 Å². The molecule has 1 N–H and O–H groups in total. The summed E-state index contributed by atoms with van der Waals surface area (Å²) in [6.07, 6.45) is 3.26. The molecular weight excluding hydrogens is 368 g/mol. The lowest BCUT2D eigenvalue weighted by atomic mass is 10.1. The van der Waals surface area contributed by atoms with Crippen LogP contribution >= 0.6 is 0 Å². The van der Waals surface area contributed by atoms with Crippen LogP contribution in [0.15, 0.2) is 48.5 Å². The molecule has 0 atom stereocenters. The van der Waals surface area contributed by atoms with E-state index in [0.717, 1.165) is 44.0 Å². The molecule has 29 heavy (non-hydrogen) atoms. The predicted octanol–water partition coefficient (Wildman–Crippen LogP) is 2.87. The summed E-state index contributed by atoms with van der Waals surface area (Å²) in [7, 11) is 3.20. The molecule has 1 aliphatic rings. The van der Waals surface area contributed by atoms with E-state index in [0.29, 0.717) is 18.0 Å². The number of amides is 1. The van der Waals surface area contributed by atoms with E-state index in [4.69, 9.17) is 14.2 Å². The monoisotopic (exact) mass is 396 g/mol. The molecule has 0 radical (unpaired) electrons. The molecule has 1 heterocycles. The topological polar surface area (TPSA) is 60.0 Å². The number of rotatable bonds is 8. The minimum atomic E-state index is -0.149. The standard InChI is InChI=1S/C23H28N2O4/c1-27-21-13-20(14-22(15-21)28-2)7-8-23(26)24-16-18-3-5-19(6-4-18)17-25-9-11-29-12-10-25/h3-8,13-15H,9-12,16-17H2,1-2H3,(H,24,26). The first-order valence-corrected chi connectivity index (χ1v) is 9.73. The fourth-order valence-electron chi connectivity index (χ4n) is 3.13. The largest absolute Gasteiger partial charge is 0.497 e. The van der Waals surface area contributed by atoms with Crippen LogP contribution in [0.5, 0.6) is 11.5 Å². The maximum atomic E-state index is 12.1. The van der Waals surface area contributed by atoms with E-state index in [1.54, 1.807) is 26.4 Å². The normalized spacial score (nSPS) is 14.7. The van der Waals surface area contributed by atoms with Crippen molar-refractivity contribution in [2.45, 2.75) is 13.1 Å². The smallest absolute Gasteiger partial charge is 0.244 e. The second-order valence-corrected chi connectivity index (χ2v) is 6.90. The second-order valence-electron chi connectivity index (χ2n) is 6.90. The zero-order chi connectivity index (χ0) is 20.5. The summed E-state index contributed by atoms with van der Waals surface area (Å²) in [5.41, 5.74) is 3.18. The summed E-state index contributed by atoms with van der Waals surface area (Å²) < 4.78 is 15.9. The number of methoxy groups -OCH3 is 2. The van der Waals surface area contributed by atoms with Crippen LogP contribution in [0.3, 0.4) is 0 Å². The third-order valence-electron chi connectivity index (χ3n) is 4.80. The first kappa shape index (κ1) is 20.9. The van der Waals surface area contributed by atoms with Crippen LogP contribution in [-0.2, 0) is 22.6 Å². The Morgan fingerprint density at radius 1 is 1.03 bits per heavy atom. The third kappa shape index (κ3) is 6.62. The van der Waals surface area contributed by atoms with Gasteiger partial charge in [0.2, 0.25) is 5.91 Å². The molecule has 1 saturated heterocycles. The molecule has 0 bridgehead atoms. The molecule has 6 heteroatoms. The summed E-state index contributed by atoms with van der Waals surface area (Å²) in [6, 6.07) is 13.9. The van der Waals surface area contributed by atoms with Gasteiger partial charge in [-0.1, -0.05) is 24.3 Å². The van der Waals surface area contributed by atoms with E-state index >= 15 is 0 Å². The van der Waals surface area contributed by atoms with Gasteiger partial charge in [-0.05, 0) is 34.9 Å². The zero-order valence-corrected chi connectivity index (χ0v) is 17.0. The lowest BCUT2D eigenvalue weighted by Gasteiger charge is -2.26. The van der Waals surface area contributed by atoms with Gasteiger partial charge >= 0.3 is 0 Å². The minimum absolute atomic E-state index is 0.149. The van der Waals surface area contributed by atoms with Crippen molar-refractivity contribution in [3.05, 3.63) is 65.2 Å². The SMILES string of the molecule is COc1cc(C=CC(=O)NCc2ccc(CN3CCOCC3)cc2)cc(OC)c1. The Morgan fingerprint density at radius 2 is 1.66 bits per heavy atom. The van der Waals surface area contributed by atoms with Gasteiger partial charge in [0.25, 0.3) is 0 Å². The lowest BCUT2D eigenvalue weighted by molar-refractivity contribution is -0.116. The van der Waals surface area contributed by atoms with Gasteiger partial charge < -0.3 is 19.5 Å². The maximum Gasteiger partial charge on any atom is 0.244 e. The summed E-state index contributed by atoms with van der Waals surface area (Å²) in [5, 5.41) is 2.91. The van der Waals surface area contributed by atoms with Crippen molar-refractivity contribution in [2.75, 3.05) is 40.5 Å². The molecule has 0 spiro atoms. The summed E-state index contributed by atoms with van der Waals surface area (Å²) in [4.78, 5) is 14.5. The fraction of sp³-hybridized carbons (Fsp3) is 0.348. The first-order valence-electron chi connectivity index (χ1n) is 9.73. The Morgan fingerprint density at radius 3 is 2.28 bits per heavy atom. The quantitative estimate of drug-likeness (QED) is 0.696. The van der Waals surface area contributed by atoms with Gasteiger partial charge in [0.1, 0.15) is 11.5 Å². The highest BCUT2D eigenvalue weighted by Crippen LogP contribution is 2.23. The second kappa shape index (κ2) is 10.6. The number of nitrogens with one attached hydrogen (secondary N) is 1. The van der Waals surface area contributed by atoms with Crippen LogP contribution in [0.1, 0.15) is 16.7 Å². The van der Waals surface area contributed by atoms with Crippen LogP contribution < -0.4 is 14.8 Å². The first-order chi connectivity index (χ1) is 14.2. The maximum absolute atomic E-state index is 12.1. The molecule has 0 unspecified atom stereocenters. The average Bonchev–Trinajstić information content (AvgIpc) is 2.77. The van der Waals surface area contributed by atoms with Crippen molar-refractivity contribution in [3.8, 4) is 11.5 Å². The molecule has 2 aromatic rings. The van der Waals surface area contributed by atoms with Crippen molar-refractivity contribution in [2.24, 2.45) is 0 Å². The molecular formula is C23H28N2O4. The highest BCUT2D eigenvalue weighted by atomic mass is 16.5. The van der Waals surface area contributed by atoms with Crippen molar-refractivity contribution in [1.82, 2.24) is 10.2 Å². The number of carbonyl (C=O) groups is 1. The number of ether oxygens (including phenoxy) is 3. The lowest BCUT2D eigenvalue weighted by Crippen LogP contribution is -2.35. The van der Waals surface area contributed by atoms with E-state index in [1.807, 2.05) is 12.1 Å². The number of nitrogens with zero attached hydrogens (tertiary/aromatic N) is 1. The van der Waals surface area contributed by atoms with Gasteiger partial charge in [0, 0.05) is 38.3 Å². The molecule has 1 aliphatic heterocycles. The summed E-state index contributed by atoms with van der Waals surface area (Å²) in [5.74, 6) is 1.22. The van der Waals surface area contributed by atoms with Crippen molar-refractivity contribution >= 4 is 12.0 Å². The highest BCUT2D eigenvalue weighted by Gasteiger charge is 2.10. The van der Waals surface area contributed by atoms with Crippen LogP contribution in [-0.4, -0.2) is 51.3 Å². The summed E-state index contributed by atoms with van der Waals surface area (Å²) in [6.45, 7) is 4.98. The molecule has 6 nitrogen and oxygen atoms in total. The van der Waals surface area contributed by atoms with Gasteiger partial charge in [-0.25, -0.2) is 0 Å². The number of hydrogen-bond acceptors (Lipinski definition) is 5. The molecule has 1 amide bonds. The van der Waals surface area contributed by atoms with E-state index in [-0.39, 0.29) is 5.91 Å². The van der Waals surface area contributed by atoms with Gasteiger partial charge in [0.05, 0.1) is 27.4 Å². The summed E-state index contributed by atoms with van der Waals surface area (Å²) >= 11 is 0. The average molecular weight is 396 g/mol. The Bertz CT molecular complexity index is 805. The molecule has 154 valence electrons. The molecule has 2 aromatic carbocycles.